The Balaban J connectivity index is 2.27. The van der Waals surface area contributed by atoms with Gasteiger partial charge in [0.25, 0.3) is 15.6 Å². The second-order valence-electron chi connectivity index (χ2n) is 8.02. The fourth-order valence-corrected chi connectivity index (χ4v) is 3.59. The Morgan fingerprint density at radius 3 is 1.90 bits per heavy atom. The fourth-order valence-electron chi connectivity index (χ4n) is 2.41. The van der Waals surface area contributed by atoms with E-state index in [-0.39, 0.29) is 22.1 Å². The molecule has 0 aliphatic rings. The second-order valence-corrected chi connectivity index (χ2v) is 9.89. The molecule has 0 saturated heterocycles. The molecular formula is C22H24N2O6S. The van der Waals surface area contributed by atoms with Crippen LogP contribution in [0.4, 0.5) is 0 Å². The lowest BCUT2D eigenvalue weighted by Crippen LogP contribution is -2.26. The van der Waals surface area contributed by atoms with Crippen molar-refractivity contribution < 1.29 is 32.3 Å². The van der Waals surface area contributed by atoms with Gasteiger partial charge < -0.3 is 15.0 Å². The molecule has 0 heterocycles. The van der Waals surface area contributed by atoms with E-state index in [2.05, 4.69) is 4.79 Å². The topological polar surface area (TPSA) is 123 Å². The minimum Gasteiger partial charge on any atom is -0.488 e. The molecule has 0 spiro atoms. The van der Waals surface area contributed by atoms with Crippen molar-refractivity contribution >= 4 is 26.6 Å². The van der Waals surface area contributed by atoms with Gasteiger partial charge in [-0.3, -0.25) is 9.59 Å². The number of hydrogen-bond donors (Lipinski definition) is 0. The SMILES string of the molecule is CC(C)C(=O)Oc1ccc(S(=O)(=O)C(=[N+]=[N-])C(=O)c2ccc(OC(C)(C)C)cc2)cc1. The third-order valence-electron chi connectivity index (χ3n) is 3.90. The van der Waals surface area contributed by atoms with Gasteiger partial charge in [0.05, 0.1) is 10.8 Å². The van der Waals surface area contributed by atoms with Gasteiger partial charge in [0.1, 0.15) is 17.1 Å². The van der Waals surface area contributed by atoms with Gasteiger partial charge in [0.2, 0.25) is 0 Å². The van der Waals surface area contributed by atoms with Crippen LogP contribution >= 0.6 is 0 Å². The number of nitrogens with zero attached hydrogens (tertiary/aromatic N) is 2. The molecule has 9 heteroatoms. The van der Waals surface area contributed by atoms with Gasteiger partial charge in [-0.2, -0.15) is 0 Å². The summed E-state index contributed by atoms with van der Waals surface area (Å²) in [7, 11) is -4.42. The maximum absolute atomic E-state index is 12.8. The molecule has 0 bridgehead atoms. The number of hydrogen-bond acceptors (Lipinski definition) is 6. The summed E-state index contributed by atoms with van der Waals surface area (Å²) in [5.74, 6) is -1.14. The Labute approximate surface area is 181 Å². The first-order valence-corrected chi connectivity index (χ1v) is 11.0. The molecule has 164 valence electrons. The Hall–Kier alpha value is -3.29. The van der Waals surface area contributed by atoms with Crippen molar-refractivity contribution in [1.29, 1.82) is 0 Å². The normalized spacial score (nSPS) is 11.5. The number of sulfone groups is 1. The molecule has 0 radical (unpaired) electrons. The minimum absolute atomic E-state index is 0.0140. The molecule has 0 unspecified atom stereocenters. The van der Waals surface area contributed by atoms with Crippen LogP contribution in [0.2, 0.25) is 0 Å². The number of rotatable bonds is 6. The zero-order chi connectivity index (χ0) is 23.4. The van der Waals surface area contributed by atoms with E-state index >= 15 is 0 Å². The van der Waals surface area contributed by atoms with Crippen LogP contribution < -0.4 is 9.47 Å². The number of ether oxygens (including phenoxy) is 2. The van der Waals surface area contributed by atoms with E-state index in [1.54, 1.807) is 13.8 Å². The summed E-state index contributed by atoms with van der Waals surface area (Å²) in [6, 6.07) is 10.7. The summed E-state index contributed by atoms with van der Waals surface area (Å²) in [6.45, 7) is 8.93. The highest BCUT2D eigenvalue weighted by molar-refractivity contribution is 8.08. The second kappa shape index (κ2) is 9.24. The van der Waals surface area contributed by atoms with E-state index in [1.165, 1.54) is 36.4 Å². The van der Waals surface area contributed by atoms with Crippen molar-refractivity contribution in [3.8, 4) is 11.5 Å². The lowest BCUT2D eigenvalue weighted by atomic mass is 10.1. The Morgan fingerprint density at radius 2 is 1.45 bits per heavy atom. The molecule has 0 aromatic heterocycles. The molecule has 31 heavy (non-hydrogen) atoms. The van der Waals surface area contributed by atoms with Crippen molar-refractivity contribution in [2.45, 2.75) is 45.1 Å². The maximum Gasteiger partial charge on any atom is 0.456 e. The summed E-state index contributed by atoms with van der Waals surface area (Å²) >= 11 is 0. The first-order chi connectivity index (χ1) is 14.3. The summed E-state index contributed by atoms with van der Waals surface area (Å²) < 4.78 is 36.4. The Bertz CT molecular complexity index is 1120. The first-order valence-electron chi connectivity index (χ1n) is 9.48. The molecule has 0 saturated carbocycles. The van der Waals surface area contributed by atoms with Gasteiger partial charge in [0.15, 0.2) is 0 Å². The van der Waals surface area contributed by atoms with Crippen molar-refractivity contribution in [2.75, 3.05) is 0 Å². The van der Waals surface area contributed by atoms with Crippen LogP contribution in [0.5, 0.6) is 11.5 Å². The van der Waals surface area contributed by atoms with Crippen LogP contribution in [0.25, 0.3) is 5.53 Å². The highest BCUT2D eigenvalue weighted by Gasteiger charge is 2.38. The van der Waals surface area contributed by atoms with Gasteiger partial charge in [-0.05, 0) is 69.3 Å². The zero-order valence-electron chi connectivity index (χ0n) is 17.9. The molecule has 0 fully saturated rings. The third-order valence-corrected chi connectivity index (χ3v) is 5.57. The molecule has 0 atom stereocenters. The van der Waals surface area contributed by atoms with Crippen molar-refractivity contribution in [1.82, 2.24) is 0 Å². The van der Waals surface area contributed by atoms with Crippen LogP contribution in [0.3, 0.4) is 0 Å². The molecule has 0 aliphatic heterocycles. The predicted molar refractivity (Wildman–Crippen MR) is 114 cm³/mol. The highest BCUT2D eigenvalue weighted by Crippen LogP contribution is 2.22. The standard InChI is InChI=1S/C22H24N2O6S/c1-14(2)21(26)29-16-10-12-18(13-11-16)31(27,28)20(24-23)19(25)15-6-8-17(9-7-15)30-22(3,4)5/h6-14H,1-5H3. The van der Waals surface area contributed by atoms with Crippen molar-refractivity contribution in [2.24, 2.45) is 5.92 Å². The Morgan fingerprint density at radius 1 is 0.935 bits per heavy atom. The quantitative estimate of drug-likeness (QED) is 0.127. The van der Waals surface area contributed by atoms with Gasteiger partial charge in [-0.1, -0.05) is 13.8 Å². The van der Waals surface area contributed by atoms with Crippen molar-refractivity contribution in [3.63, 3.8) is 0 Å². The summed E-state index contributed by atoms with van der Waals surface area (Å²) in [4.78, 5) is 26.8. The highest BCUT2D eigenvalue weighted by atomic mass is 32.2. The van der Waals surface area contributed by atoms with Gasteiger partial charge >= 0.3 is 11.0 Å². The minimum atomic E-state index is -4.42. The third kappa shape index (κ3) is 6.10. The first kappa shape index (κ1) is 24.0. The van der Waals surface area contributed by atoms with Gasteiger partial charge in [-0.15, -0.1) is 4.79 Å². The lowest BCUT2D eigenvalue weighted by molar-refractivity contribution is -0.137. The monoisotopic (exact) mass is 444 g/mol. The molecule has 0 amide bonds. The average molecular weight is 445 g/mol. The lowest BCUT2D eigenvalue weighted by Gasteiger charge is -2.21. The van der Waals surface area contributed by atoms with Crippen LogP contribution in [-0.2, 0) is 14.6 Å². The summed E-state index contributed by atoms with van der Waals surface area (Å²) in [6.07, 6.45) is 0. The van der Waals surface area contributed by atoms with E-state index in [0.29, 0.717) is 5.75 Å². The molecular weight excluding hydrogens is 420 g/mol. The van der Waals surface area contributed by atoms with Gasteiger partial charge in [-0.25, -0.2) is 8.42 Å². The fraction of sp³-hybridized carbons (Fsp3) is 0.318. The number of ketones is 1. The molecule has 2 aromatic rings. The number of carbonyl (C=O) groups is 2. The van der Waals surface area contributed by atoms with Crippen LogP contribution in [-0.4, -0.2) is 35.6 Å². The van der Waals surface area contributed by atoms with Crippen LogP contribution in [0.1, 0.15) is 45.0 Å². The smallest absolute Gasteiger partial charge is 0.456 e. The molecule has 0 N–H and O–H groups in total. The largest absolute Gasteiger partial charge is 0.488 e. The van der Waals surface area contributed by atoms with Crippen LogP contribution in [0, 0.1) is 5.92 Å². The molecule has 2 rings (SSSR count). The zero-order valence-corrected chi connectivity index (χ0v) is 18.8. The number of Topliss-reactive ketones (excluding diaryl/α,β-unsaturated/α-hetero) is 1. The summed E-state index contributed by atoms with van der Waals surface area (Å²) in [5, 5.41) is -1.02. The van der Waals surface area contributed by atoms with E-state index in [1.807, 2.05) is 20.8 Å². The van der Waals surface area contributed by atoms with E-state index < -0.39 is 32.2 Å². The molecule has 0 aliphatic carbocycles. The predicted octanol–water partition coefficient (Wildman–Crippen LogP) is 3.71. The van der Waals surface area contributed by atoms with E-state index in [9.17, 15) is 23.5 Å². The van der Waals surface area contributed by atoms with E-state index in [4.69, 9.17) is 9.47 Å². The van der Waals surface area contributed by atoms with Gasteiger partial charge in [0, 0.05) is 5.56 Å². The Kier molecular flexibility index (Phi) is 7.15. The number of carbonyl (C=O) groups excluding carboxylic acids is 2. The maximum atomic E-state index is 12.8. The molecule has 8 nitrogen and oxygen atoms in total. The number of esters is 1. The van der Waals surface area contributed by atoms with E-state index in [0.717, 1.165) is 12.1 Å². The molecule has 2 aromatic carbocycles. The van der Waals surface area contributed by atoms with Crippen LogP contribution in [0.15, 0.2) is 53.4 Å². The van der Waals surface area contributed by atoms with Crippen molar-refractivity contribution in [3.05, 3.63) is 59.6 Å². The average Bonchev–Trinajstić information content (AvgIpc) is 2.68. The summed E-state index contributed by atoms with van der Waals surface area (Å²) in [5.41, 5.74) is 8.86. The number of benzene rings is 2.